The van der Waals surface area contributed by atoms with Crippen molar-refractivity contribution in [3.8, 4) is 11.6 Å². The van der Waals surface area contributed by atoms with E-state index in [1.54, 1.807) is 19.1 Å². The number of ether oxygens (including phenoxy) is 1. The number of oxime groups is 1. The molecule has 2 rings (SSSR count). The minimum Gasteiger partial charge on any atom is -0.437 e. The SMILES string of the molecule is Cc1nnc(Oc2cccc(Br)c2)c(/C(N)=N/O)c1C. The maximum Gasteiger partial charge on any atom is 0.250 e. The first-order valence-corrected chi connectivity index (χ1v) is 6.57. The first-order chi connectivity index (χ1) is 9.52. The van der Waals surface area contributed by atoms with E-state index in [9.17, 15) is 0 Å². The molecular weight excluding hydrogens is 324 g/mol. The van der Waals surface area contributed by atoms with Gasteiger partial charge in [-0.05, 0) is 37.6 Å². The summed E-state index contributed by atoms with van der Waals surface area (Å²) in [5.41, 5.74) is 7.56. The minimum absolute atomic E-state index is 0.0644. The molecule has 104 valence electrons. The summed E-state index contributed by atoms with van der Waals surface area (Å²) >= 11 is 3.36. The van der Waals surface area contributed by atoms with Crippen LogP contribution < -0.4 is 10.5 Å². The lowest BCUT2D eigenvalue weighted by Gasteiger charge is -2.12. The van der Waals surface area contributed by atoms with Crippen LogP contribution in [0.15, 0.2) is 33.9 Å². The second-order valence-corrected chi connectivity index (χ2v) is 5.05. The molecule has 0 unspecified atom stereocenters. The van der Waals surface area contributed by atoms with E-state index in [0.29, 0.717) is 17.0 Å². The maximum absolute atomic E-state index is 8.89. The number of halogens is 1. The molecular formula is C13H13BrN4O2. The van der Waals surface area contributed by atoms with Crippen molar-refractivity contribution in [1.82, 2.24) is 10.2 Å². The number of amidine groups is 1. The largest absolute Gasteiger partial charge is 0.437 e. The molecule has 1 heterocycles. The average molecular weight is 337 g/mol. The number of nitrogens with zero attached hydrogens (tertiary/aromatic N) is 3. The predicted octanol–water partition coefficient (Wildman–Crippen LogP) is 2.74. The number of aromatic nitrogens is 2. The van der Waals surface area contributed by atoms with Crippen molar-refractivity contribution >= 4 is 21.8 Å². The fraction of sp³-hybridized carbons (Fsp3) is 0.154. The van der Waals surface area contributed by atoms with Gasteiger partial charge in [0.15, 0.2) is 5.84 Å². The molecule has 0 spiro atoms. The summed E-state index contributed by atoms with van der Waals surface area (Å²) in [5.74, 6) is 0.705. The zero-order valence-electron chi connectivity index (χ0n) is 11.0. The van der Waals surface area contributed by atoms with E-state index >= 15 is 0 Å². The van der Waals surface area contributed by atoms with Crippen LogP contribution in [0.25, 0.3) is 0 Å². The number of hydrogen-bond acceptors (Lipinski definition) is 5. The van der Waals surface area contributed by atoms with Crippen LogP contribution in [0, 0.1) is 13.8 Å². The Kier molecular flexibility index (Phi) is 4.19. The topological polar surface area (TPSA) is 93.6 Å². The Balaban J connectivity index is 2.49. The highest BCUT2D eigenvalue weighted by Crippen LogP contribution is 2.27. The van der Waals surface area contributed by atoms with Gasteiger partial charge in [-0.15, -0.1) is 5.10 Å². The van der Waals surface area contributed by atoms with Gasteiger partial charge in [0.1, 0.15) is 5.75 Å². The fourth-order valence-corrected chi connectivity index (χ4v) is 2.03. The van der Waals surface area contributed by atoms with Crippen LogP contribution in [-0.2, 0) is 0 Å². The fourth-order valence-electron chi connectivity index (χ4n) is 1.65. The van der Waals surface area contributed by atoms with Gasteiger partial charge in [-0.3, -0.25) is 0 Å². The Morgan fingerprint density at radius 1 is 1.35 bits per heavy atom. The van der Waals surface area contributed by atoms with Crippen LogP contribution in [0.5, 0.6) is 11.6 Å². The molecule has 0 radical (unpaired) electrons. The van der Waals surface area contributed by atoms with Gasteiger partial charge in [-0.1, -0.05) is 27.2 Å². The van der Waals surface area contributed by atoms with Crippen LogP contribution in [0.4, 0.5) is 0 Å². The Morgan fingerprint density at radius 2 is 2.10 bits per heavy atom. The smallest absolute Gasteiger partial charge is 0.250 e. The molecule has 0 fully saturated rings. The lowest BCUT2D eigenvalue weighted by Crippen LogP contribution is -2.18. The summed E-state index contributed by atoms with van der Waals surface area (Å²) in [6.45, 7) is 3.60. The van der Waals surface area contributed by atoms with Gasteiger partial charge in [-0.25, -0.2) is 0 Å². The normalized spacial score (nSPS) is 11.4. The van der Waals surface area contributed by atoms with Crippen LogP contribution in [0.3, 0.4) is 0 Å². The van der Waals surface area contributed by atoms with Gasteiger partial charge in [-0.2, -0.15) is 5.10 Å². The van der Waals surface area contributed by atoms with Crippen LogP contribution in [0.2, 0.25) is 0 Å². The second-order valence-electron chi connectivity index (χ2n) is 4.14. The number of benzene rings is 1. The van der Waals surface area contributed by atoms with Crippen LogP contribution >= 0.6 is 15.9 Å². The summed E-state index contributed by atoms with van der Waals surface area (Å²) in [6.07, 6.45) is 0. The monoisotopic (exact) mass is 336 g/mol. The van der Waals surface area contributed by atoms with Crippen molar-refractivity contribution in [2.24, 2.45) is 10.9 Å². The van der Waals surface area contributed by atoms with Crippen molar-refractivity contribution in [2.45, 2.75) is 13.8 Å². The molecule has 20 heavy (non-hydrogen) atoms. The first kappa shape index (κ1) is 14.3. The number of aryl methyl sites for hydroxylation is 1. The molecule has 1 aromatic carbocycles. The third-order valence-corrected chi connectivity index (χ3v) is 3.29. The Hall–Kier alpha value is -2.15. The maximum atomic E-state index is 8.89. The molecule has 0 amide bonds. The van der Waals surface area contributed by atoms with Crippen LogP contribution in [-0.4, -0.2) is 21.2 Å². The highest BCUT2D eigenvalue weighted by atomic mass is 79.9. The van der Waals surface area contributed by atoms with Gasteiger partial charge >= 0.3 is 0 Å². The predicted molar refractivity (Wildman–Crippen MR) is 78.2 cm³/mol. The summed E-state index contributed by atoms with van der Waals surface area (Å²) in [4.78, 5) is 0. The van der Waals surface area contributed by atoms with E-state index in [4.69, 9.17) is 15.7 Å². The summed E-state index contributed by atoms with van der Waals surface area (Å²) < 4.78 is 6.55. The molecule has 0 aliphatic rings. The highest BCUT2D eigenvalue weighted by Gasteiger charge is 2.17. The second kappa shape index (κ2) is 5.87. The third kappa shape index (κ3) is 2.88. The molecule has 2 aromatic rings. The number of rotatable bonds is 3. The zero-order valence-corrected chi connectivity index (χ0v) is 12.5. The van der Waals surface area contributed by atoms with E-state index < -0.39 is 0 Å². The average Bonchev–Trinajstić information content (AvgIpc) is 2.42. The lowest BCUT2D eigenvalue weighted by atomic mass is 10.1. The van der Waals surface area contributed by atoms with Crippen LogP contribution in [0.1, 0.15) is 16.8 Å². The van der Waals surface area contributed by atoms with Crippen molar-refractivity contribution in [3.05, 3.63) is 45.6 Å². The third-order valence-electron chi connectivity index (χ3n) is 2.80. The van der Waals surface area contributed by atoms with Crippen molar-refractivity contribution < 1.29 is 9.94 Å². The van der Waals surface area contributed by atoms with E-state index in [-0.39, 0.29) is 11.7 Å². The minimum atomic E-state index is -0.0644. The van der Waals surface area contributed by atoms with E-state index in [1.807, 2.05) is 19.1 Å². The van der Waals surface area contributed by atoms with Gasteiger partial charge in [0.05, 0.1) is 11.3 Å². The van der Waals surface area contributed by atoms with Gasteiger partial charge in [0.2, 0.25) is 5.88 Å². The Bertz CT molecular complexity index is 673. The van der Waals surface area contributed by atoms with E-state index in [2.05, 4.69) is 31.3 Å². The summed E-state index contributed by atoms with van der Waals surface area (Å²) in [5, 5.41) is 19.9. The molecule has 0 saturated carbocycles. The quantitative estimate of drug-likeness (QED) is 0.389. The zero-order chi connectivity index (χ0) is 14.7. The summed E-state index contributed by atoms with van der Waals surface area (Å²) in [7, 11) is 0. The van der Waals surface area contributed by atoms with Gasteiger partial charge in [0, 0.05) is 4.47 Å². The molecule has 0 aliphatic heterocycles. The lowest BCUT2D eigenvalue weighted by molar-refractivity contribution is 0.318. The molecule has 7 heteroatoms. The molecule has 0 saturated heterocycles. The Labute approximate surface area is 124 Å². The van der Waals surface area contributed by atoms with E-state index in [0.717, 1.165) is 10.0 Å². The van der Waals surface area contributed by atoms with E-state index in [1.165, 1.54) is 0 Å². The molecule has 6 nitrogen and oxygen atoms in total. The number of nitrogens with two attached hydrogens (primary N) is 1. The standard InChI is InChI=1S/C13H13BrN4O2/c1-7-8(2)16-17-13(11(7)12(15)18-19)20-10-5-3-4-9(14)6-10/h3-6,19H,1-2H3,(H2,15,18). The summed E-state index contributed by atoms with van der Waals surface area (Å²) in [6, 6.07) is 7.27. The molecule has 0 atom stereocenters. The number of hydrogen-bond donors (Lipinski definition) is 2. The molecule has 1 aromatic heterocycles. The molecule has 3 N–H and O–H groups in total. The Morgan fingerprint density at radius 3 is 2.75 bits per heavy atom. The van der Waals surface area contributed by atoms with Gasteiger partial charge < -0.3 is 15.7 Å². The highest BCUT2D eigenvalue weighted by molar-refractivity contribution is 9.10. The van der Waals surface area contributed by atoms with Crippen molar-refractivity contribution in [3.63, 3.8) is 0 Å². The first-order valence-electron chi connectivity index (χ1n) is 5.78. The molecule has 0 aliphatic carbocycles. The van der Waals surface area contributed by atoms with Gasteiger partial charge in [0.25, 0.3) is 0 Å². The molecule has 0 bridgehead atoms. The van der Waals surface area contributed by atoms with Crippen molar-refractivity contribution in [2.75, 3.05) is 0 Å². The van der Waals surface area contributed by atoms with Crippen molar-refractivity contribution in [1.29, 1.82) is 0 Å².